The Morgan fingerprint density at radius 3 is 2.15 bits per heavy atom. The average molecular weight is 652 g/mol. The van der Waals surface area contributed by atoms with Gasteiger partial charge in [-0.05, 0) is 93.1 Å². The lowest BCUT2D eigenvalue weighted by molar-refractivity contribution is -0.152. The molecule has 2 heterocycles. The van der Waals surface area contributed by atoms with Crippen molar-refractivity contribution in [1.82, 2.24) is 15.0 Å². The second-order valence-corrected chi connectivity index (χ2v) is 11.6. The molecule has 3 aromatic carbocycles. The van der Waals surface area contributed by atoms with Crippen LogP contribution in [0, 0.1) is 5.92 Å². The molecule has 0 saturated carbocycles. The number of aliphatic carboxylic acids is 1. The van der Waals surface area contributed by atoms with Crippen LogP contribution in [0.25, 0.3) is 0 Å². The lowest BCUT2D eigenvalue weighted by Crippen LogP contribution is -2.37. The van der Waals surface area contributed by atoms with Crippen LogP contribution in [0.3, 0.4) is 0 Å². The Kier molecular flexibility index (Phi) is 10.3. The Morgan fingerprint density at radius 2 is 1.51 bits per heavy atom. The SMILES string of the molecule is CC(C)(Oc1ccc(OCCOc2nc(Nc3ccc(C(F)(F)F)cc3)nc(N3CCC(Cc4ccccc4)CC3)n2)cc1)C(=O)O. The summed E-state index contributed by atoms with van der Waals surface area (Å²) in [5, 5.41) is 12.2. The van der Waals surface area contributed by atoms with Crippen LogP contribution in [-0.2, 0) is 17.4 Å². The van der Waals surface area contributed by atoms with Crippen LogP contribution in [0.5, 0.6) is 17.5 Å². The number of carboxylic acid groups (broad SMARTS) is 1. The number of halogens is 3. The summed E-state index contributed by atoms with van der Waals surface area (Å²) < 4.78 is 56.2. The fourth-order valence-electron chi connectivity index (χ4n) is 5.00. The Bertz CT molecular complexity index is 1610. The van der Waals surface area contributed by atoms with Crippen molar-refractivity contribution in [2.24, 2.45) is 5.92 Å². The first-order valence-electron chi connectivity index (χ1n) is 15.2. The molecule has 10 nitrogen and oxygen atoms in total. The molecule has 1 saturated heterocycles. The molecule has 4 aromatic rings. The molecule has 0 unspecified atom stereocenters. The van der Waals surface area contributed by atoms with Crippen LogP contribution >= 0.6 is 0 Å². The Hall–Kier alpha value is -5.07. The fraction of sp³-hybridized carbons (Fsp3) is 0.353. The van der Waals surface area contributed by atoms with E-state index < -0.39 is 23.3 Å². The van der Waals surface area contributed by atoms with E-state index in [0.717, 1.165) is 44.5 Å². The molecule has 0 spiro atoms. The maximum atomic E-state index is 13.1. The minimum absolute atomic E-state index is 0.0408. The second kappa shape index (κ2) is 14.6. The van der Waals surface area contributed by atoms with E-state index in [9.17, 15) is 23.1 Å². The third-order valence-corrected chi connectivity index (χ3v) is 7.63. The Balaban J connectivity index is 1.23. The molecule has 47 heavy (non-hydrogen) atoms. The average Bonchev–Trinajstić information content (AvgIpc) is 3.04. The molecular weight excluding hydrogens is 615 g/mol. The summed E-state index contributed by atoms with van der Waals surface area (Å²) in [5.74, 6) is 0.892. The van der Waals surface area contributed by atoms with Gasteiger partial charge in [0.25, 0.3) is 0 Å². The van der Waals surface area contributed by atoms with E-state index in [1.54, 1.807) is 24.3 Å². The van der Waals surface area contributed by atoms with E-state index >= 15 is 0 Å². The fourth-order valence-corrected chi connectivity index (χ4v) is 5.00. The number of piperidine rings is 1. The highest BCUT2D eigenvalue weighted by molar-refractivity contribution is 5.76. The third kappa shape index (κ3) is 9.47. The van der Waals surface area contributed by atoms with Crippen molar-refractivity contribution in [3.8, 4) is 17.5 Å². The molecule has 2 N–H and O–H groups in total. The smallest absolute Gasteiger partial charge is 0.416 e. The predicted octanol–water partition coefficient (Wildman–Crippen LogP) is 6.79. The number of benzene rings is 3. The first-order valence-corrected chi connectivity index (χ1v) is 15.2. The highest BCUT2D eigenvalue weighted by Crippen LogP contribution is 2.31. The van der Waals surface area contributed by atoms with E-state index in [4.69, 9.17) is 14.2 Å². The summed E-state index contributed by atoms with van der Waals surface area (Å²) >= 11 is 0. The maximum Gasteiger partial charge on any atom is 0.416 e. The van der Waals surface area contributed by atoms with Gasteiger partial charge in [-0.15, -0.1) is 0 Å². The van der Waals surface area contributed by atoms with Crippen LogP contribution in [0.4, 0.5) is 30.8 Å². The number of hydrogen-bond donors (Lipinski definition) is 2. The van der Waals surface area contributed by atoms with E-state index in [1.165, 1.54) is 31.5 Å². The van der Waals surface area contributed by atoms with Crippen LogP contribution in [-0.4, -0.2) is 57.9 Å². The molecular formula is C34H36F3N5O5. The van der Waals surface area contributed by atoms with Gasteiger partial charge >= 0.3 is 18.2 Å². The molecule has 1 aliphatic rings. The van der Waals surface area contributed by atoms with Gasteiger partial charge in [0.05, 0.1) is 5.56 Å². The number of aromatic nitrogens is 3. The number of alkyl halides is 3. The largest absolute Gasteiger partial charge is 0.490 e. The first kappa shape index (κ1) is 33.3. The number of ether oxygens (including phenoxy) is 3. The second-order valence-electron chi connectivity index (χ2n) is 11.6. The zero-order chi connectivity index (χ0) is 33.4. The quantitative estimate of drug-likeness (QED) is 0.150. The molecule has 0 amide bonds. The number of carbonyl (C=O) groups is 1. The van der Waals surface area contributed by atoms with Crippen molar-refractivity contribution in [2.75, 3.05) is 36.5 Å². The number of hydrogen-bond acceptors (Lipinski definition) is 9. The van der Waals surface area contributed by atoms with Gasteiger partial charge in [-0.3, -0.25) is 0 Å². The number of nitrogens with one attached hydrogen (secondary N) is 1. The topological polar surface area (TPSA) is 119 Å². The summed E-state index contributed by atoms with van der Waals surface area (Å²) in [6.07, 6.45) is -1.55. The zero-order valence-corrected chi connectivity index (χ0v) is 26.0. The number of anilines is 3. The van der Waals surface area contributed by atoms with Gasteiger partial charge in [-0.2, -0.15) is 28.1 Å². The summed E-state index contributed by atoms with van der Waals surface area (Å²) in [4.78, 5) is 26.8. The summed E-state index contributed by atoms with van der Waals surface area (Å²) in [5.41, 5.74) is -0.450. The summed E-state index contributed by atoms with van der Waals surface area (Å²) in [7, 11) is 0. The molecule has 0 atom stereocenters. The van der Waals surface area contributed by atoms with Gasteiger partial charge in [-0.25, -0.2) is 4.79 Å². The molecule has 1 aliphatic heterocycles. The highest BCUT2D eigenvalue weighted by atomic mass is 19.4. The standard InChI is InChI=1S/C34H36F3N5O5/c1-33(2,29(43)44)47-28-14-12-27(13-15-28)45-20-21-46-32-40-30(38-26-10-8-25(9-11-26)34(35,36)37)39-31(41-32)42-18-16-24(17-19-42)22-23-6-4-3-5-7-23/h3-15,24H,16-22H2,1-2H3,(H,43,44)(H,38,39,40,41). The van der Waals surface area contributed by atoms with Gasteiger partial charge in [0, 0.05) is 18.8 Å². The van der Waals surface area contributed by atoms with Crippen molar-refractivity contribution >= 4 is 23.6 Å². The van der Waals surface area contributed by atoms with Crippen molar-refractivity contribution in [1.29, 1.82) is 0 Å². The lowest BCUT2D eigenvalue weighted by Gasteiger charge is -2.32. The Morgan fingerprint density at radius 1 is 0.872 bits per heavy atom. The predicted molar refractivity (Wildman–Crippen MR) is 169 cm³/mol. The summed E-state index contributed by atoms with van der Waals surface area (Å²) in [6, 6.07) is 21.6. The van der Waals surface area contributed by atoms with Crippen LogP contribution in [0.15, 0.2) is 78.9 Å². The minimum atomic E-state index is -4.44. The van der Waals surface area contributed by atoms with Crippen LogP contribution in [0.1, 0.15) is 37.8 Å². The third-order valence-electron chi connectivity index (χ3n) is 7.63. The minimum Gasteiger partial charge on any atom is -0.490 e. The molecule has 13 heteroatoms. The maximum absolute atomic E-state index is 13.1. The van der Waals surface area contributed by atoms with Gasteiger partial charge < -0.3 is 29.5 Å². The van der Waals surface area contributed by atoms with Gasteiger partial charge in [0.1, 0.15) is 24.7 Å². The van der Waals surface area contributed by atoms with Crippen molar-refractivity contribution in [2.45, 2.75) is 44.9 Å². The first-order chi connectivity index (χ1) is 22.4. The van der Waals surface area contributed by atoms with E-state index in [2.05, 4.69) is 37.3 Å². The van der Waals surface area contributed by atoms with E-state index in [-0.39, 0.29) is 25.2 Å². The molecule has 0 radical (unpaired) electrons. The molecule has 0 bridgehead atoms. The molecule has 1 fully saturated rings. The Labute approximate surface area is 270 Å². The highest BCUT2D eigenvalue weighted by Gasteiger charge is 2.30. The van der Waals surface area contributed by atoms with E-state index in [1.807, 2.05) is 18.2 Å². The van der Waals surface area contributed by atoms with Gasteiger partial charge in [0.2, 0.25) is 11.9 Å². The van der Waals surface area contributed by atoms with Crippen LogP contribution in [0.2, 0.25) is 0 Å². The lowest BCUT2D eigenvalue weighted by atomic mass is 9.90. The molecule has 5 rings (SSSR count). The zero-order valence-electron chi connectivity index (χ0n) is 26.0. The normalized spacial score (nSPS) is 14.0. The van der Waals surface area contributed by atoms with Gasteiger partial charge in [0.15, 0.2) is 5.60 Å². The number of nitrogens with zero attached hydrogens (tertiary/aromatic N) is 4. The number of carboxylic acids is 1. The van der Waals surface area contributed by atoms with E-state index in [0.29, 0.717) is 29.1 Å². The summed E-state index contributed by atoms with van der Waals surface area (Å²) in [6.45, 7) is 4.62. The van der Waals surface area contributed by atoms with Crippen molar-refractivity contribution in [3.05, 3.63) is 90.0 Å². The molecule has 248 valence electrons. The van der Waals surface area contributed by atoms with Gasteiger partial charge in [-0.1, -0.05) is 30.3 Å². The molecule has 0 aliphatic carbocycles. The monoisotopic (exact) mass is 651 g/mol. The van der Waals surface area contributed by atoms with Crippen molar-refractivity contribution < 1.29 is 37.3 Å². The van der Waals surface area contributed by atoms with Crippen LogP contribution < -0.4 is 24.4 Å². The number of rotatable bonds is 13. The van der Waals surface area contributed by atoms with Crippen molar-refractivity contribution in [3.63, 3.8) is 0 Å². The molecule has 1 aromatic heterocycles.